The molecule has 1 heterocycles. The molecular formula is C14H22N2O. The lowest BCUT2D eigenvalue weighted by atomic mass is 10.1. The fraction of sp³-hybridized carbons (Fsp3) is 0.571. The number of aliphatic hydroxyl groups is 1. The van der Waals surface area contributed by atoms with Gasteiger partial charge in [0.15, 0.2) is 0 Å². The number of piperidine rings is 1. The van der Waals surface area contributed by atoms with Gasteiger partial charge in [-0.15, -0.1) is 0 Å². The quantitative estimate of drug-likeness (QED) is 0.768. The second-order valence-corrected chi connectivity index (χ2v) is 4.60. The molecule has 0 aliphatic carbocycles. The molecule has 0 amide bonds. The summed E-state index contributed by atoms with van der Waals surface area (Å²) in [5.74, 6) is 0. The van der Waals surface area contributed by atoms with Crippen molar-refractivity contribution in [3.8, 4) is 0 Å². The van der Waals surface area contributed by atoms with E-state index < -0.39 is 0 Å². The van der Waals surface area contributed by atoms with Gasteiger partial charge in [0.1, 0.15) is 0 Å². The van der Waals surface area contributed by atoms with Crippen LogP contribution in [0.3, 0.4) is 0 Å². The summed E-state index contributed by atoms with van der Waals surface area (Å²) in [4.78, 5) is 2.46. The fourth-order valence-electron chi connectivity index (χ4n) is 2.25. The number of anilines is 2. The zero-order valence-corrected chi connectivity index (χ0v) is 10.4. The molecule has 94 valence electrons. The molecule has 0 bridgehead atoms. The Labute approximate surface area is 103 Å². The number of nitrogens with one attached hydrogen (secondary N) is 1. The smallest absolute Gasteiger partial charge is 0.0447 e. The summed E-state index contributed by atoms with van der Waals surface area (Å²) in [6.07, 6.45) is 4.80. The number of aliphatic hydroxyl groups excluding tert-OH is 1. The van der Waals surface area contributed by atoms with E-state index in [1.54, 1.807) is 0 Å². The van der Waals surface area contributed by atoms with Crippen molar-refractivity contribution >= 4 is 11.4 Å². The average Bonchev–Trinajstić information content (AvgIpc) is 2.41. The van der Waals surface area contributed by atoms with Crippen molar-refractivity contribution in [3.05, 3.63) is 24.3 Å². The topological polar surface area (TPSA) is 35.5 Å². The molecule has 1 fully saturated rings. The molecule has 1 aliphatic rings. The highest BCUT2D eigenvalue weighted by molar-refractivity contribution is 5.55. The molecular weight excluding hydrogens is 212 g/mol. The SMILES string of the molecule is OCCCNc1ccc(N2CCCCC2)cc1. The zero-order chi connectivity index (χ0) is 11.9. The van der Waals surface area contributed by atoms with Crippen molar-refractivity contribution in [2.75, 3.05) is 36.5 Å². The van der Waals surface area contributed by atoms with Gasteiger partial charge in [-0.25, -0.2) is 0 Å². The largest absolute Gasteiger partial charge is 0.396 e. The number of rotatable bonds is 5. The molecule has 1 aromatic carbocycles. The minimum atomic E-state index is 0.249. The Hall–Kier alpha value is -1.22. The Morgan fingerprint density at radius 1 is 1.06 bits per heavy atom. The molecule has 0 radical (unpaired) electrons. The molecule has 1 saturated heterocycles. The Morgan fingerprint density at radius 2 is 1.76 bits per heavy atom. The van der Waals surface area contributed by atoms with E-state index in [4.69, 9.17) is 5.11 Å². The van der Waals surface area contributed by atoms with Gasteiger partial charge >= 0.3 is 0 Å². The highest BCUT2D eigenvalue weighted by Crippen LogP contribution is 2.21. The van der Waals surface area contributed by atoms with Crippen LogP contribution in [0.4, 0.5) is 11.4 Å². The molecule has 2 N–H and O–H groups in total. The molecule has 1 aromatic rings. The Kier molecular flexibility index (Phi) is 4.68. The normalized spacial score (nSPS) is 15.9. The van der Waals surface area contributed by atoms with Crippen LogP contribution in [-0.4, -0.2) is 31.3 Å². The maximum absolute atomic E-state index is 8.71. The van der Waals surface area contributed by atoms with Gasteiger partial charge in [0, 0.05) is 37.6 Å². The van der Waals surface area contributed by atoms with Crippen LogP contribution in [0.2, 0.25) is 0 Å². The zero-order valence-electron chi connectivity index (χ0n) is 10.4. The lowest BCUT2D eigenvalue weighted by molar-refractivity contribution is 0.292. The Morgan fingerprint density at radius 3 is 2.41 bits per heavy atom. The van der Waals surface area contributed by atoms with Crippen molar-refractivity contribution in [3.63, 3.8) is 0 Å². The van der Waals surface area contributed by atoms with Crippen molar-refractivity contribution in [1.29, 1.82) is 0 Å². The standard InChI is InChI=1S/C14H22N2O/c17-12-4-9-15-13-5-7-14(8-6-13)16-10-2-1-3-11-16/h5-8,15,17H,1-4,9-12H2. The van der Waals surface area contributed by atoms with Gasteiger partial charge in [-0.05, 0) is 49.9 Å². The van der Waals surface area contributed by atoms with Gasteiger partial charge in [-0.3, -0.25) is 0 Å². The first-order chi connectivity index (χ1) is 8.40. The van der Waals surface area contributed by atoms with Crippen LogP contribution < -0.4 is 10.2 Å². The summed E-state index contributed by atoms with van der Waals surface area (Å²) >= 11 is 0. The summed E-state index contributed by atoms with van der Waals surface area (Å²) in [7, 11) is 0. The maximum atomic E-state index is 8.71. The lowest BCUT2D eigenvalue weighted by Gasteiger charge is -2.28. The molecule has 17 heavy (non-hydrogen) atoms. The number of benzene rings is 1. The summed E-state index contributed by atoms with van der Waals surface area (Å²) in [5, 5.41) is 12.0. The van der Waals surface area contributed by atoms with Crippen molar-refractivity contribution in [2.24, 2.45) is 0 Å². The van der Waals surface area contributed by atoms with E-state index in [0.717, 1.165) is 18.7 Å². The Balaban J connectivity index is 1.88. The summed E-state index contributed by atoms with van der Waals surface area (Å²) in [5.41, 5.74) is 2.47. The van der Waals surface area contributed by atoms with E-state index in [9.17, 15) is 0 Å². The predicted octanol–water partition coefficient (Wildman–Crippen LogP) is 2.47. The molecule has 0 unspecified atom stereocenters. The fourth-order valence-corrected chi connectivity index (χ4v) is 2.25. The van der Waals surface area contributed by atoms with Gasteiger partial charge in [0.05, 0.1) is 0 Å². The summed E-state index contributed by atoms with van der Waals surface area (Å²) < 4.78 is 0. The second-order valence-electron chi connectivity index (χ2n) is 4.60. The number of hydrogen-bond donors (Lipinski definition) is 2. The maximum Gasteiger partial charge on any atom is 0.0447 e. The first-order valence-corrected chi connectivity index (χ1v) is 6.60. The molecule has 0 aromatic heterocycles. The predicted molar refractivity (Wildman–Crippen MR) is 72.7 cm³/mol. The van der Waals surface area contributed by atoms with E-state index in [0.29, 0.717) is 0 Å². The highest BCUT2D eigenvalue weighted by Gasteiger charge is 2.10. The van der Waals surface area contributed by atoms with Crippen LogP contribution in [0, 0.1) is 0 Å². The Bertz CT molecular complexity index is 317. The third-order valence-corrected chi connectivity index (χ3v) is 3.25. The number of hydrogen-bond acceptors (Lipinski definition) is 3. The third kappa shape index (κ3) is 3.63. The van der Waals surface area contributed by atoms with Crippen molar-refractivity contribution in [2.45, 2.75) is 25.7 Å². The van der Waals surface area contributed by atoms with Crippen LogP contribution in [0.15, 0.2) is 24.3 Å². The van der Waals surface area contributed by atoms with E-state index in [2.05, 4.69) is 34.5 Å². The molecule has 0 spiro atoms. The van der Waals surface area contributed by atoms with Crippen LogP contribution in [0.25, 0.3) is 0 Å². The second kappa shape index (κ2) is 6.50. The molecule has 0 saturated carbocycles. The van der Waals surface area contributed by atoms with Crippen LogP contribution in [-0.2, 0) is 0 Å². The van der Waals surface area contributed by atoms with Gasteiger partial charge in [-0.1, -0.05) is 0 Å². The summed E-state index contributed by atoms with van der Waals surface area (Å²) in [6.45, 7) is 3.47. The van der Waals surface area contributed by atoms with Crippen molar-refractivity contribution < 1.29 is 5.11 Å². The van der Waals surface area contributed by atoms with Gasteiger partial charge in [0.2, 0.25) is 0 Å². The van der Waals surface area contributed by atoms with Crippen molar-refractivity contribution in [1.82, 2.24) is 0 Å². The van der Waals surface area contributed by atoms with Gasteiger partial charge in [0.25, 0.3) is 0 Å². The van der Waals surface area contributed by atoms with Crippen LogP contribution >= 0.6 is 0 Å². The third-order valence-electron chi connectivity index (χ3n) is 3.25. The van der Waals surface area contributed by atoms with E-state index >= 15 is 0 Å². The van der Waals surface area contributed by atoms with Gasteiger partial charge < -0.3 is 15.3 Å². The minimum absolute atomic E-state index is 0.249. The van der Waals surface area contributed by atoms with E-state index in [-0.39, 0.29) is 6.61 Å². The van der Waals surface area contributed by atoms with E-state index in [1.165, 1.54) is 38.0 Å². The molecule has 3 nitrogen and oxygen atoms in total. The monoisotopic (exact) mass is 234 g/mol. The molecule has 0 atom stereocenters. The van der Waals surface area contributed by atoms with Crippen LogP contribution in [0.5, 0.6) is 0 Å². The lowest BCUT2D eigenvalue weighted by Crippen LogP contribution is -2.29. The minimum Gasteiger partial charge on any atom is -0.396 e. The molecule has 1 aliphatic heterocycles. The molecule has 3 heteroatoms. The highest BCUT2D eigenvalue weighted by atomic mass is 16.3. The number of nitrogens with zero attached hydrogens (tertiary/aromatic N) is 1. The van der Waals surface area contributed by atoms with Crippen LogP contribution in [0.1, 0.15) is 25.7 Å². The first kappa shape index (κ1) is 12.2. The first-order valence-electron chi connectivity index (χ1n) is 6.60. The van der Waals surface area contributed by atoms with E-state index in [1.807, 2.05) is 0 Å². The molecule has 2 rings (SSSR count). The average molecular weight is 234 g/mol. The summed E-state index contributed by atoms with van der Waals surface area (Å²) in [6, 6.07) is 8.63. The van der Waals surface area contributed by atoms with Gasteiger partial charge in [-0.2, -0.15) is 0 Å².